The molecule has 4 nitrogen and oxygen atoms in total. The van der Waals surface area contributed by atoms with Crippen molar-refractivity contribution in [1.82, 2.24) is 10.2 Å². The molecule has 156 valence electrons. The van der Waals surface area contributed by atoms with E-state index in [0.29, 0.717) is 18.7 Å². The molecular weight excluding hydrogens is 380 g/mol. The minimum absolute atomic E-state index is 0.0203. The lowest BCUT2D eigenvalue weighted by Gasteiger charge is -2.29. The Balaban J connectivity index is 1.98. The molecule has 0 bridgehead atoms. The second-order valence-corrected chi connectivity index (χ2v) is 8.74. The molecule has 0 aromatic heterocycles. The number of nitrogens with zero attached hydrogens (tertiary/aromatic N) is 1. The molecule has 0 unspecified atom stereocenters. The van der Waals surface area contributed by atoms with Gasteiger partial charge in [-0.15, -0.1) is 11.8 Å². The molecule has 0 radical (unpaired) electrons. The maximum atomic E-state index is 13.0. The van der Waals surface area contributed by atoms with Crippen molar-refractivity contribution in [2.45, 2.75) is 57.5 Å². The third-order valence-electron chi connectivity index (χ3n) is 4.69. The van der Waals surface area contributed by atoms with E-state index in [-0.39, 0.29) is 17.9 Å². The van der Waals surface area contributed by atoms with Gasteiger partial charge in [-0.1, -0.05) is 48.0 Å². The third kappa shape index (κ3) is 7.94. The summed E-state index contributed by atoms with van der Waals surface area (Å²) < 4.78 is 0. The van der Waals surface area contributed by atoms with Crippen LogP contribution in [0.1, 0.15) is 38.3 Å². The lowest BCUT2D eigenvalue weighted by Crippen LogP contribution is -2.50. The van der Waals surface area contributed by atoms with Crippen LogP contribution in [0.15, 0.2) is 59.5 Å². The standard InChI is InChI=1S/C24H32N2O2S/c1-18(2)25-24(28)20(4)26(16-14-21-8-6-5-7-9-21)23(27)15-17-29-22-12-10-19(3)11-13-22/h5-13,18,20H,14-17H2,1-4H3,(H,25,28)/t20-/m1/s1. The molecule has 2 aromatic carbocycles. The van der Waals surface area contributed by atoms with Gasteiger partial charge in [-0.25, -0.2) is 0 Å². The maximum absolute atomic E-state index is 13.0. The van der Waals surface area contributed by atoms with Gasteiger partial charge in [-0.2, -0.15) is 0 Å². The monoisotopic (exact) mass is 412 g/mol. The Hall–Kier alpha value is -2.27. The van der Waals surface area contributed by atoms with E-state index in [1.54, 1.807) is 16.7 Å². The van der Waals surface area contributed by atoms with Gasteiger partial charge < -0.3 is 10.2 Å². The summed E-state index contributed by atoms with van der Waals surface area (Å²) in [6, 6.07) is 17.9. The normalized spacial score (nSPS) is 11.9. The number of aryl methyl sites for hydroxylation is 1. The van der Waals surface area contributed by atoms with Crippen LogP contribution in [-0.2, 0) is 16.0 Å². The molecule has 2 amide bonds. The molecule has 1 N–H and O–H groups in total. The number of carbonyl (C=O) groups is 2. The number of nitrogens with one attached hydrogen (secondary N) is 1. The highest BCUT2D eigenvalue weighted by molar-refractivity contribution is 7.99. The van der Waals surface area contributed by atoms with Crippen LogP contribution in [0, 0.1) is 6.92 Å². The van der Waals surface area contributed by atoms with Crippen LogP contribution in [0.25, 0.3) is 0 Å². The van der Waals surface area contributed by atoms with Gasteiger partial charge in [-0.3, -0.25) is 9.59 Å². The number of thioether (sulfide) groups is 1. The highest BCUT2D eigenvalue weighted by Gasteiger charge is 2.25. The second-order valence-electron chi connectivity index (χ2n) is 7.57. The molecule has 1 atom stereocenters. The molecule has 0 saturated carbocycles. The van der Waals surface area contributed by atoms with Crippen LogP contribution < -0.4 is 5.32 Å². The molecular formula is C24H32N2O2S. The Morgan fingerprint density at radius 1 is 1.00 bits per heavy atom. The lowest BCUT2D eigenvalue weighted by atomic mass is 10.1. The molecule has 0 aliphatic heterocycles. The van der Waals surface area contributed by atoms with Crippen LogP contribution in [-0.4, -0.2) is 41.1 Å². The third-order valence-corrected chi connectivity index (χ3v) is 5.70. The molecule has 0 aliphatic carbocycles. The SMILES string of the molecule is Cc1ccc(SCCC(=O)N(CCc2ccccc2)[C@H](C)C(=O)NC(C)C)cc1. The van der Waals surface area contributed by atoms with E-state index < -0.39 is 6.04 Å². The van der Waals surface area contributed by atoms with E-state index in [2.05, 4.69) is 48.6 Å². The zero-order chi connectivity index (χ0) is 21.2. The number of hydrogen-bond acceptors (Lipinski definition) is 3. The van der Waals surface area contributed by atoms with Crippen LogP contribution in [0.5, 0.6) is 0 Å². The van der Waals surface area contributed by atoms with Crippen molar-refractivity contribution in [3.63, 3.8) is 0 Å². The smallest absolute Gasteiger partial charge is 0.242 e. The summed E-state index contributed by atoms with van der Waals surface area (Å²) in [7, 11) is 0. The van der Waals surface area contributed by atoms with E-state index in [4.69, 9.17) is 0 Å². The van der Waals surface area contributed by atoms with Crippen LogP contribution in [0.4, 0.5) is 0 Å². The fourth-order valence-electron chi connectivity index (χ4n) is 3.01. The van der Waals surface area contributed by atoms with Crippen molar-refractivity contribution in [3.05, 3.63) is 65.7 Å². The average molecular weight is 413 g/mol. The highest BCUT2D eigenvalue weighted by Crippen LogP contribution is 2.20. The van der Waals surface area contributed by atoms with Gasteiger partial charge in [0.15, 0.2) is 0 Å². The Bertz CT molecular complexity index is 775. The van der Waals surface area contributed by atoms with Gasteiger partial charge >= 0.3 is 0 Å². The lowest BCUT2D eigenvalue weighted by molar-refractivity contribution is -0.139. The maximum Gasteiger partial charge on any atom is 0.242 e. The fourth-order valence-corrected chi connectivity index (χ4v) is 3.85. The molecule has 0 heterocycles. The highest BCUT2D eigenvalue weighted by atomic mass is 32.2. The minimum Gasteiger partial charge on any atom is -0.352 e. The van der Waals surface area contributed by atoms with Crippen molar-refractivity contribution in [3.8, 4) is 0 Å². The Morgan fingerprint density at radius 2 is 1.66 bits per heavy atom. The first-order valence-corrected chi connectivity index (χ1v) is 11.2. The van der Waals surface area contributed by atoms with Crippen molar-refractivity contribution in [1.29, 1.82) is 0 Å². The van der Waals surface area contributed by atoms with Crippen molar-refractivity contribution >= 4 is 23.6 Å². The molecule has 2 rings (SSSR count). The van der Waals surface area contributed by atoms with Crippen molar-refractivity contribution in [2.24, 2.45) is 0 Å². The van der Waals surface area contributed by atoms with Gasteiger partial charge in [0.25, 0.3) is 0 Å². The summed E-state index contributed by atoms with van der Waals surface area (Å²) in [4.78, 5) is 28.4. The van der Waals surface area contributed by atoms with E-state index in [9.17, 15) is 9.59 Å². The predicted octanol–water partition coefficient (Wildman–Crippen LogP) is 4.46. The summed E-state index contributed by atoms with van der Waals surface area (Å²) in [5, 5.41) is 2.93. The topological polar surface area (TPSA) is 49.4 Å². The number of carbonyl (C=O) groups excluding carboxylic acids is 2. The average Bonchev–Trinajstić information content (AvgIpc) is 2.69. The van der Waals surface area contributed by atoms with Crippen molar-refractivity contribution in [2.75, 3.05) is 12.3 Å². The Morgan fingerprint density at radius 3 is 2.28 bits per heavy atom. The van der Waals surface area contributed by atoms with E-state index in [1.807, 2.05) is 39.0 Å². The number of rotatable bonds is 10. The quantitative estimate of drug-likeness (QED) is 0.586. The van der Waals surface area contributed by atoms with Gasteiger partial charge in [0.05, 0.1) is 0 Å². The largest absolute Gasteiger partial charge is 0.352 e. The van der Waals surface area contributed by atoms with Crippen LogP contribution in [0.2, 0.25) is 0 Å². The molecule has 0 spiro atoms. The zero-order valence-corrected chi connectivity index (χ0v) is 18.7. The summed E-state index contributed by atoms with van der Waals surface area (Å²) in [6.45, 7) is 8.27. The van der Waals surface area contributed by atoms with Gasteiger partial charge in [0, 0.05) is 29.7 Å². The Labute approximate surface area is 179 Å². The summed E-state index contributed by atoms with van der Waals surface area (Å²) >= 11 is 1.67. The summed E-state index contributed by atoms with van der Waals surface area (Å²) in [6.07, 6.45) is 1.14. The molecule has 0 saturated heterocycles. The number of benzene rings is 2. The fraction of sp³-hybridized carbons (Fsp3) is 0.417. The van der Waals surface area contributed by atoms with E-state index in [0.717, 1.165) is 16.9 Å². The van der Waals surface area contributed by atoms with Gasteiger partial charge in [0.1, 0.15) is 6.04 Å². The van der Waals surface area contributed by atoms with Crippen LogP contribution in [0.3, 0.4) is 0 Å². The second kappa shape index (κ2) is 11.7. The summed E-state index contributed by atoms with van der Waals surface area (Å²) in [5.41, 5.74) is 2.39. The number of hydrogen-bond donors (Lipinski definition) is 1. The summed E-state index contributed by atoms with van der Waals surface area (Å²) in [5.74, 6) is 0.613. The van der Waals surface area contributed by atoms with Gasteiger partial charge in [-0.05, 0) is 51.8 Å². The first kappa shape index (κ1) is 23.0. The molecule has 0 aliphatic rings. The van der Waals surface area contributed by atoms with Gasteiger partial charge in [0.2, 0.25) is 11.8 Å². The van der Waals surface area contributed by atoms with E-state index >= 15 is 0 Å². The molecule has 0 fully saturated rings. The van der Waals surface area contributed by atoms with Crippen LogP contribution >= 0.6 is 11.8 Å². The zero-order valence-electron chi connectivity index (χ0n) is 17.9. The molecule has 2 aromatic rings. The number of amides is 2. The predicted molar refractivity (Wildman–Crippen MR) is 121 cm³/mol. The van der Waals surface area contributed by atoms with E-state index in [1.165, 1.54) is 5.56 Å². The molecule has 29 heavy (non-hydrogen) atoms. The first-order chi connectivity index (χ1) is 13.9. The first-order valence-electron chi connectivity index (χ1n) is 10.2. The minimum atomic E-state index is -0.488. The molecule has 5 heteroatoms. The van der Waals surface area contributed by atoms with Crippen molar-refractivity contribution < 1.29 is 9.59 Å². The Kier molecular flexibility index (Phi) is 9.26.